The third-order valence-electron chi connectivity index (χ3n) is 12.6. The lowest BCUT2D eigenvalue weighted by molar-refractivity contribution is -0.144. The molecule has 3 amide bonds. The number of ether oxygens (including phenoxy) is 1. The first kappa shape index (κ1) is 48.4. The van der Waals surface area contributed by atoms with E-state index in [2.05, 4.69) is 31.9 Å². The molecule has 2 aliphatic rings. The number of aliphatic hydroxyl groups is 1. The molecule has 1 fully saturated rings. The Morgan fingerprint density at radius 1 is 0.942 bits per heavy atom. The first-order valence-electron chi connectivity index (χ1n) is 22.5. The second kappa shape index (κ2) is 19.5. The number of nitrogens with zero attached hydrogens (tertiary/aromatic N) is 7. The van der Waals surface area contributed by atoms with Crippen LogP contribution in [0, 0.1) is 44.4 Å². The van der Waals surface area contributed by atoms with Crippen LogP contribution in [0.4, 0.5) is 0 Å². The fourth-order valence-electron chi connectivity index (χ4n) is 8.79. The minimum absolute atomic E-state index is 0.0454. The number of likely N-dealkylation sites (tertiary alicyclic amines) is 1. The van der Waals surface area contributed by atoms with Crippen LogP contribution < -0.4 is 15.4 Å². The molecule has 3 aromatic carbocycles. The van der Waals surface area contributed by atoms with Crippen molar-refractivity contribution in [1.82, 2.24) is 35.3 Å². The first-order chi connectivity index (χ1) is 32.8. The molecule has 8 rings (SSSR count). The summed E-state index contributed by atoms with van der Waals surface area (Å²) in [7, 11) is 0. The fourth-order valence-corrected chi connectivity index (χ4v) is 10.8. The molecular weight excluding hydrogens is 915 g/mol. The number of rotatable bonds is 13. The monoisotopic (exact) mass is 967 g/mol. The molecule has 2 aliphatic heterocycles. The quantitative estimate of drug-likeness (QED) is 0.0896. The van der Waals surface area contributed by atoms with Crippen LogP contribution in [0.1, 0.15) is 103 Å². The molecule has 1 saturated heterocycles. The van der Waals surface area contributed by atoms with Gasteiger partial charge < -0.3 is 30.5 Å². The number of nitrogens with one attached hydrogen (secondary N) is 2. The summed E-state index contributed by atoms with van der Waals surface area (Å²) in [5, 5.41) is 46.0. The van der Waals surface area contributed by atoms with Gasteiger partial charge in [-0.05, 0) is 80.0 Å². The maximum absolute atomic E-state index is 14.3. The zero-order valence-electron chi connectivity index (χ0n) is 39.5. The highest BCUT2D eigenvalue weighted by Gasteiger charge is 2.45. The molecule has 0 bridgehead atoms. The van der Waals surface area contributed by atoms with Gasteiger partial charge in [-0.1, -0.05) is 75.4 Å². The van der Waals surface area contributed by atoms with Gasteiger partial charge in [-0.2, -0.15) is 5.26 Å². The number of thiophene rings is 1. The largest absolute Gasteiger partial charge is 0.482 e. The summed E-state index contributed by atoms with van der Waals surface area (Å²) in [5.41, 5.74) is 8.90. The minimum Gasteiger partial charge on any atom is -0.482 e. The molecule has 2 unspecified atom stereocenters. The number of aliphatic hydroxyl groups excluding tert-OH is 1. The van der Waals surface area contributed by atoms with Crippen LogP contribution in [0.25, 0.3) is 26.6 Å². The van der Waals surface area contributed by atoms with Crippen molar-refractivity contribution in [1.29, 1.82) is 5.26 Å². The number of carboxylic acids is 1. The molecule has 0 aliphatic carbocycles. The average Bonchev–Trinajstić information content (AvgIpc) is 4.09. The number of carbonyl (C=O) groups excluding carboxylic acids is 3. The summed E-state index contributed by atoms with van der Waals surface area (Å²) >= 11 is 3.14. The topological polar surface area (TPSA) is 225 Å². The molecule has 18 heteroatoms. The van der Waals surface area contributed by atoms with E-state index < -0.39 is 59.9 Å². The zero-order chi connectivity index (χ0) is 49.5. The van der Waals surface area contributed by atoms with Crippen molar-refractivity contribution >= 4 is 52.1 Å². The molecule has 6 aromatic rings. The third-order valence-corrected chi connectivity index (χ3v) is 14.8. The predicted molar refractivity (Wildman–Crippen MR) is 263 cm³/mol. The molecule has 5 atom stereocenters. The van der Waals surface area contributed by atoms with Crippen molar-refractivity contribution in [3.8, 4) is 38.4 Å². The summed E-state index contributed by atoms with van der Waals surface area (Å²) < 4.78 is 7.79. The van der Waals surface area contributed by atoms with E-state index >= 15 is 0 Å². The van der Waals surface area contributed by atoms with Gasteiger partial charge in [-0.25, -0.2) is 4.98 Å². The van der Waals surface area contributed by atoms with Crippen molar-refractivity contribution in [3.63, 3.8) is 0 Å². The Balaban J connectivity index is 0.933. The van der Waals surface area contributed by atoms with Crippen LogP contribution in [0.3, 0.4) is 0 Å². The number of thiazole rings is 1. The Hall–Kier alpha value is -7.07. The Morgan fingerprint density at radius 2 is 1.62 bits per heavy atom. The molecule has 69 heavy (non-hydrogen) atoms. The van der Waals surface area contributed by atoms with Crippen molar-refractivity contribution in [2.75, 3.05) is 13.2 Å². The van der Waals surface area contributed by atoms with Crippen LogP contribution in [0.2, 0.25) is 0 Å². The van der Waals surface area contributed by atoms with Crippen LogP contribution >= 0.6 is 22.7 Å². The number of carbonyl (C=O) groups is 4. The normalized spacial score (nSPS) is 17.4. The van der Waals surface area contributed by atoms with Crippen molar-refractivity contribution < 1.29 is 34.1 Å². The van der Waals surface area contributed by atoms with Crippen molar-refractivity contribution in [2.24, 2.45) is 10.4 Å². The van der Waals surface area contributed by atoms with E-state index in [9.17, 15) is 34.7 Å². The molecule has 0 spiro atoms. The number of nitriles is 1. The van der Waals surface area contributed by atoms with Gasteiger partial charge in [0.1, 0.15) is 40.8 Å². The Bertz CT molecular complexity index is 3030. The highest BCUT2D eigenvalue weighted by molar-refractivity contribution is 7.15. The molecule has 4 N–H and O–H groups in total. The lowest BCUT2D eigenvalue weighted by Crippen LogP contribution is -2.58. The molecule has 5 heterocycles. The van der Waals surface area contributed by atoms with E-state index in [4.69, 9.17) is 9.73 Å². The number of amides is 3. The number of aryl methyl sites for hydroxylation is 3. The summed E-state index contributed by atoms with van der Waals surface area (Å²) in [6, 6.07) is 19.5. The number of fused-ring (bicyclic) bond motifs is 3. The number of β-amino-alcohol motifs (C(OH)–C–C–N with tert-alkyl or cyclic N) is 1. The lowest BCUT2D eigenvalue weighted by Gasteiger charge is -2.35. The third kappa shape index (κ3) is 9.94. The maximum atomic E-state index is 14.3. The van der Waals surface area contributed by atoms with Gasteiger partial charge in [0.2, 0.25) is 11.8 Å². The number of aromatic nitrogens is 4. The standard InChI is InChI=1S/C51H53N9O7S2/c1-26-29(4)69-50-43(26)44(55-38(21-42(63)64)47-58-57-30(5)60(47)50)33-13-11-32(12-14-33)35-17-18-40(36(19-35)22-52)67-24-41(62)56-46(51(6,7)8)49(66)59-23-37(61)20-39(59)48(65)54-27(2)31-9-15-34(16-10-31)45-28(3)53-25-68-45/h9-19,25,27,37-39,46,61H,20-21,23-24H2,1-8H3,(H,54,65)(H,56,62)(H,63,64)/t27?,37-,38+,39+,46?/m1/s1. The number of carboxylic acid groups (broad SMARTS) is 1. The molecule has 0 radical (unpaired) electrons. The Labute approximate surface area is 407 Å². The molecular formula is C51H53N9O7S2. The lowest BCUT2D eigenvalue weighted by atomic mass is 9.85. The average molecular weight is 968 g/mol. The number of aliphatic imine (C=N–C) groups is 1. The number of benzene rings is 3. The molecule has 0 saturated carbocycles. The number of hydrogen-bond donors (Lipinski definition) is 4. The highest BCUT2D eigenvalue weighted by Crippen LogP contribution is 2.40. The summed E-state index contributed by atoms with van der Waals surface area (Å²) in [4.78, 5) is 66.4. The van der Waals surface area contributed by atoms with E-state index in [-0.39, 0.29) is 36.7 Å². The van der Waals surface area contributed by atoms with E-state index in [1.165, 1.54) is 4.90 Å². The van der Waals surface area contributed by atoms with E-state index in [1.807, 2.05) is 87.7 Å². The smallest absolute Gasteiger partial charge is 0.306 e. The number of hydrogen-bond acceptors (Lipinski definition) is 13. The maximum Gasteiger partial charge on any atom is 0.306 e. The van der Waals surface area contributed by atoms with Crippen molar-refractivity contribution in [2.45, 2.75) is 98.5 Å². The van der Waals surface area contributed by atoms with Crippen LogP contribution in [-0.2, 0) is 19.2 Å². The minimum atomic E-state index is -1.08. The first-order valence-corrected chi connectivity index (χ1v) is 24.2. The van der Waals surface area contributed by atoms with E-state index in [0.29, 0.717) is 22.9 Å². The highest BCUT2D eigenvalue weighted by atomic mass is 32.1. The van der Waals surface area contributed by atoms with Gasteiger partial charge in [0.15, 0.2) is 12.4 Å². The van der Waals surface area contributed by atoms with E-state index in [1.54, 1.807) is 67.2 Å². The van der Waals surface area contributed by atoms with E-state index in [0.717, 1.165) is 53.8 Å². The Kier molecular flexibility index (Phi) is 13.7. The summed E-state index contributed by atoms with van der Waals surface area (Å²) in [6.07, 6.45) is -1.15. The van der Waals surface area contributed by atoms with Gasteiger partial charge in [0.05, 0.1) is 45.9 Å². The van der Waals surface area contributed by atoms with Gasteiger partial charge in [0, 0.05) is 29.0 Å². The summed E-state index contributed by atoms with van der Waals surface area (Å²) in [6.45, 7) is 14.5. The van der Waals surface area contributed by atoms with Gasteiger partial charge in [-0.3, -0.25) is 28.7 Å². The van der Waals surface area contributed by atoms with Crippen LogP contribution in [0.5, 0.6) is 5.75 Å². The predicted octanol–water partition coefficient (Wildman–Crippen LogP) is 7.34. The SMILES string of the molecule is Cc1ncsc1-c1ccc(C(C)NC(=O)[C@@H]2C[C@@H](O)CN2C(=O)C(NC(=O)COc2ccc(-c3ccc(C4=N[C@@H](CC(=O)O)c5nnc(C)n5-c5sc(C)c(C)c54)cc3)cc2C#N)C(C)(C)C)cc1. The van der Waals surface area contributed by atoms with Crippen LogP contribution in [0.15, 0.2) is 77.2 Å². The van der Waals surface area contributed by atoms with Crippen molar-refractivity contribution in [3.05, 3.63) is 122 Å². The second-order valence-electron chi connectivity index (χ2n) is 18.6. The van der Waals surface area contributed by atoms with Gasteiger partial charge in [-0.15, -0.1) is 32.9 Å². The zero-order valence-corrected chi connectivity index (χ0v) is 41.2. The van der Waals surface area contributed by atoms with Gasteiger partial charge in [0.25, 0.3) is 5.91 Å². The molecule has 16 nitrogen and oxygen atoms in total. The number of aliphatic carboxylic acids is 1. The summed E-state index contributed by atoms with van der Waals surface area (Å²) in [5.74, 6) is -1.25. The second-order valence-corrected chi connectivity index (χ2v) is 20.6. The fraction of sp³-hybridized carbons (Fsp3) is 0.353. The molecule has 356 valence electrons. The van der Waals surface area contributed by atoms with Crippen LogP contribution in [-0.4, -0.2) is 95.6 Å². The molecule has 3 aromatic heterocycles. The Morgan fingerprint density at radius 3 is 2.28 bits per heavy atom. The van der Waals surface area contributed by atoms with Gasteiger partial charge >= 0.3 is 5.97 Å².